The van der Waals surface area contributed by atoms with Crippen molar-refractivity contribution in [2.75, 3.05) is 0 Å². The lowest BCUT2D eigenvalue weighted by Gasteiger charge is -2.30. The van der Waals surface area contributed by atoms with Gasteiger partial charge in [-0.3, -0.25) is 4.79 Å². The lowest BCUT2D eigenvalue weighted by molar-refractivity contribution is -0.141. The molecule has 0 bridgehead atoms. The molecule has 0 aliphatic rings. The van der Waals surface area contributed by atoms with Crippen LogP contribution >= 0.6 is 0 Å². The summed E-state index contributed by atoms with van der Waals surface area (Å²) in [6, 6.07) is 3.53. The van der Waals surface area contributed by atoms with E-state index in [9.17, 15) is 15.0 Å². The second-order valence-electron chi connectivity index (χ2n) is 7.61. The predicted octanol–water partition coefficient (Wildman–Crippen LogP) is 4.21. The summed E-state index contributed by atoms with van der Waals surface area (Å²) < 4.78 is 0. The molecule has 1 atom stereocenters. The molecule has 0 saturated heterocycles. The summed E-state index contributed by atoms with van der Waals surface area (Å²) in [6.45, 7) is 13.7. The third kappa shape index (κ3) is 3.33. The second-order valence-corrected chi connectivity index (χ2v) is 7.61. The number of rotatable bonds is 2. The number of hydrogen-bond donors (Lipinski definition) is 2. The van der Waals surface area contributed by atoms with Crippen molar-refractivity contribution in [1.82, 2.24) is 0 Å². The van der Waals surface area contributed by atoms with E-state index in [1.807, 2.05) is 54.5 Å². The van der Waals surface area contributed by atoms with Gasteiger partial charge in [-0.15, -0.1) is 0 Å². The zero-order valence-electron chi connectivity index (χ0n) is 13.5. The molecule has 112 valence electrons. The van der Waals surface area contributed by atoms with E-state index in [4.69, 9.17) is 0 Å². The second kappa shape index (κ2) is 5.12. The number of aliphatic carboxylic acids is 1. The van der Waals surface area contributed by atoms with Crippen molar-refractivity contribution in [2.24, 2.45) is 5.41 Å². The summed E-state index contributed by atoms with van der Waals surface area (Å²) >= 11 is 0. The minimum absolute atomic E-state index is 0.173. The Hall–Kier alpha value is -1.51. The zero-order chi connectivity index (χ0) is 15.9. The summed E-state index contributed by atoms with van der Waals surface area (Å²) in [5, 5.41) is 19.8. The van der Waals surface area contributed by atoms with Crippen molar-refractivity contribution >= 4 is 5.97 Å². The van der Waals surface area contributed by atoms with Crippen LogP contribution in [0.4, 0.5) is 0 Å². The average Bonchev–Trinajstić information content (AvgIpc) is 2.18. The Labute approximate surface area is 121 Å². The van der Waals surface area contributed by atoms with Crippen molar-refractivity contribution in [3.05, 3.63) is 28.8 Å². The number of phenolic OH excluding ortho intramolecular Hbond substituents is 1. The summed E-state index contributed by atoms with van der Waals surface area (Å²) in [5.41, 5.74) is 1.86. The molecular weight excluding hydrogens is 252 g/mol. The summed E-state index contributed by atoms with van der Waals surface area (Å²) in [5.74, 6) is -1.32. The van der Waals surface area contributed by atoms with Crippen LogP contribution in [-0.4, -0.2) is 16.2 Å². The lowest BCUT2D eigenvalue weighted by atomic mass is 9.74. The summed E-state index contributed by atoms with van der Waals surface area (Å²) in [6.07, 6.45) is 0. The molecule has 0 aliphatic heterocycles. The zero-order valence-corrected chi connectivity index (χ0v) is 13.5. The third-order valence-electron chi connectivity index (χ3n) is 3.62. The van der Waals surface area contributed by atoms with Crippen molar-refractivity contribution in [3.63, 3.8) is 0 Å². The fourth-order valence-corrected chi connectivity index (χ4v) is 2.59. The highest BCUT2D eigenvalue weighted by atomic mass is 16.4. The van der Waals surface area contributed by atoms with Gasteiger partial charge in [0.05, 0.1) is 5.92 Å². The Kier molecular flexibility index (Phi) is 4.23. The highest BCUT2D eigenvalue weighted by Gasteiger charge is 2.34. The highest BCUT2D eigenvalue weighted by molar-refractivity contribution is 5.78. The molecule has 1 rings (SSSR count). The van der Waals surface area contributed by atoms with Crippen LogP contribution in [0.2, 0.25) is 0 Å². The number of carboxylic acid groups (broad SMARTS) is 1. The first-order valence-corrected chi connectivity index (χ1v) is 6.92. The molecule has 1 aromatic carbocycles. The van der Waals surface area contributed by atoms with Crippen LogP contribution in [0, 0.1) is 12.3 Å². The Morgan fingerprint density at radius 3 is 1.95 bits per heavy atom. The molecule has 3 nitrogen and oxygen atoms in total. The molecule has 2 N–H and O–H groups in total. The normalized spacial score (nSPS) is 14.2. The maximum Gasteiger partial charge on any atom is 0.311 e. The summed E-state index contributed by atoms with van der Waals surface area (Å²) in [4.78, 5) is 11.6. The molecule has 20 heavy (non-hydrogen) atoms. The van der Waals surface area contributed by atoms with Crippen molar-refractivity contribution < 1.29 is 15.0 Å². The van der Waals surface area contributed by atoms with Gasteiger partial charge < -0.3 is 10.2 Å². The first-order chi connectivity index (χ1) is 8.85. The Morgan fingerprint density at radius 2 is 1.60 bits per heavy atom. The fraction of sp³-hybridized carbons (Fsp3) is 0.588. The number of phenols is 1. The Bertz CT molecular complexity index is 516. The molecule has 0 aromatic heterocycles. The number of hydrogen-bond acceptors (Lipinski definition) is 2. The molecule has 0 aliphatic carbocycles. The van der Waals surface area contributed by atoms with Gasteiger partial charge in [-0.1, -0.05) is 47.6 Å². The number of carboxylic acids is 1. The molecule has 0 radical (unpaired) electrons. The summed E-state index contributed by atoms with van der Waals surface area (Å²) in [7, 11) is 0. The topological polar surface area (TPSA) is 57.5 Å². The molecule has 0 spiro atoms. The molecular formula is C17H26O3. The largest absolute Gasteiger partial charge is 0.508 e. The van der Waals surface area contributed by atoms with E-state index in [-0.39, 0.29) is 11.2 Å². The number of aryl methyl sites for hydroxylation is 1. The van der Waals surface area contributed by atoms with Crippen molar-refractivity contribution in [1.29, 1.82) is 0 Å². The fourth-order valence-electron chi connectivity index (χ4n) is 2.59. The van der Waals surface area contributed by atoms with Crippen LogP contribution in [-0.2, 0) is 10.2 Å². The van der Waals surface area contributed by atoms with Gasteiger partial charge in [-0.05, 0) is 40.5 Å². The van der Waals surface area contributed by atoms with E-state index < -0.39 is 17.3 Å². The van der Waals surface area contributed by atoms with Gasteiger partial charge >= 0.3 is 5.97 Å². The monoisotopic (exact) mass is 278 g/mol. The SMILES string of the molecule is Cc1cc(C(C)(C)C)c(O)cc1C(C(=O)O)C(C)(C)C. The van der Waals surface area contributed by atoms with Gasteiger partial charge in [0.25, 0.3) is 0 Å². The van der Waals surface area contributed by atoms with E-state index in [1.54, 1.807) is 6.07 Å². The Balaban J connectivity index is 3.48. The van der Waals surface area contributed by atoms with Crippen molar-refractivity contribution in [2.45, 2.75) is 59.8 Å². The van der Waals surface area contributed by atoms with Crippen LogP contribution in [0.1, 0.15) is 64.2 Å². The molecule has 1 aromatic rings. The predicted molar refractivity (Wildman–Crippen MR) is 81.4 cm³/mol. The van der Waals surface area contributed by atoms with E-state index in [0.717, 1.165) is 11.1 Å². The highest BCUT2D eigenvalue weighted by Crippen LogP contribution is 2.41. The molecule has 0 heterocycles. The molecule has 0 amide bonds. The Morgan fingerprint density at radius 1 is 1.10 bits per heavy atom. The van der Waals surface area contributed by atoms with Gasteiger partial charge in [0.2, 0.25) is 0 Å². The van der Waals surface area contributed by atoms with E-state index in [0.29, 0.717) is 5.56 Å². The van der Waals surface area contributed by atoms with E-state index in [2.05, 4.69) is 0 Å². The van der Waals surface area contributed by atoms with Gasteiger partial charge in [-0.2, -0.15) is 0 Å². The molecule has 1 unspecified atom stereocenters. The van der Waals surface area contributed by atoms with Crippen LogP contribution in [0.3, 0.4) is 0 Å². The lowest BCUT2D eigenvalue weighted by Crippen LogP contribution is -2.27. The van der Waals surface area contributed by atoms with Crippen molar-refractivity contribution in [3.8, 4) is 5.75 Å². The van der Waals surface area contributed by atoms with E-state index in [1.165, 1.54) is 0 Å². The maximum absolute atomic E-state index is 11.6. The van der Waals surface area contributed by atoms with Crippen LogP contribution in [0.25, 0.3) is 0 Å². The average molecular weight is 278 g/mol. The number of aromatic hydroxyl groups is 1. The van der Waals surface area contributed by atoms with E-state index >= 15 is 0 Å². The molecule has 0 saturated carbocycles. The van der Waals surface area contributed by atoms with Gasteiger partial charge in [0, 0.05) is 0 Å². The standard InChI is InChI=1S/C17H26O3/c1-10-8-12(16(2,3)4)13(18)9-11(10)14(15(19)20)17(5,6)7/h8-9,14,18H,1-7H3,(H,19,20). The van der Waals surface area contributed by atoms with Gasteiger partial charge in [0.15, 0.2) is 0 Å². The number of benzene rings is 1. The quantitative estimate of drug-likeness (QED) is 0.852. The minimum atomic E-state index is -0.858. The molecule has 0 fully saturated rings. The maximum atomic E-state index is 11.6. The van der Waals surface area contributed by atoms with Crippen LogP contribution in [0.5, 0.6) is 5.75 Å². The third-order valence-corrected chi connectivity index (χ3v) is 3.62. The molecule has 3 heteroatoms. The van der Waals surface area contributed by atoms with Gasteiger partial charge in [0.1, 0.15) is 5.75 Å². The van der Waals surface area contributed by atoms with Crippen LogP contribution < -0.4 is 0 Å². The first kappa shape index (κ1) is 16.5. The van der Waals surface area contributed by atoms with Crippen LogP contribution in [0.15, 0.2) is 12.1 Å². The first-order valence-electron chi connectivity index (χ1n) is 6.92. The minimum Gasteiger partial charge on any atom is -0.508 e. The smallest absolute Gasteiger partial charge is 0.311 e. The van der Waals surface area contributed by atoms with Gasteiger partial charge in [-0.25, -0.2) is 0 Å². The number of carbonyl (C=O) groups is 1.